The van der Waals surface area contributed by atoms with Crippen LogP contribution < -0.4 is 11.3 Å². The Morgan fingerprint density at radius 3 is 2.71 bits per heavy atom. The van der Waals surface area contributed by atoms with Crippen molar-refractivity contribution in [1.82, 2.24) is 9.88 Å². The highest BCUT2D eigenvalue weighted by atomic mass is 16.2. The first kappa shape index (κ1) is 13.4. The standard InChI is InChI=1S/C12H19N3O2/c1-12(2,7-13)8-15(3)11(17)9-4-5-14-10(16)6-9/h4-6H,7-8,13H2,1-3H3,(H,14,16). The molecule has 94 valence electrons. The summed E-state index contributed by atoms with van der Waals surface area (Å²) >= 11 is 0. The van der Waals surface area contributed by atoms with Gasteiger partial charge in [0.1, 0.15) is 0 Å². The lowest BCUT2D eigenvalue weighted by Crippen LogP contribution is -2.40. The van der Waals surface area contributed by atoms with E-state index in [9.17, 15) is 9.59 Å². The number of pyridine rings is 1. The maximum Gasteiger partial charge on any atom is 0.253 e. The number of rotatable bonds is 4. The number of aromatic nitrogens is 1. The van der Waals surface area contributed by atoms with Crippen LogP contribution in [-0.2, 0) is 0 Å². The molecule has 17 heavy (non-hydrogen) atoms. The first-order valence-electron chi connectivity index (χ1n) is 5.50. The van der Waals surface area contributed by atoms with Gasteiger partial charge in [-0.3, -0.25) is 9.59 Å². The number of H-pyrrole nitrogens is 1. The number of carbonyl (C=O) groups is 1. The number of hydrogen-bond acceptors (Lipinski definition) is 3. The van der Waals surface area contributed by atoms with Gasteiger partial charge in [0.15, 0.2) is 0 Å². The van der Waals surface area contributed by atoms with Crippen molar-refractivity contribution in [2.24, 2.45) is 11.1 Å². The molecule has 5 heteroatoms. The van der Waals surface area contributed by atoms with E-state index in [1.807, 2.05) is 13.8 Å². The van der Waals surface area contributed by atoms with Gasteiger partial charge in [-0.25, -0.2) is 0 Å². The molecule has 0 spiro atoms. The van der Waals surface area contributed by atoms with Crippen LogP contribution in [0.15, 0.2) is 23.1 Å². The van der Waals surface area contributed by atoms with Crippen molar-refractivity contribution in [2.75, 3.05) is 20.1 Å². The maximum absolute atomic E-state index is 12.0. The van der Waals surface area contributed by atoms with Crippen molar-refractivity contribution in [3.63, 3.8) is 0 Å². The van der Waals surface area contributed by atoms with Gasteiger partial charge in [0.05, 0.1) is 0 Å². The SMILES string of the molecule is CN(CC(C)(C)CN)C(=O)c1cc[nH]c(=O)c1. The van der Waals surface area contributed by atoms with E-state index in [0.717, 1.165) is 0 Å². The number of nitrogens with two attached hydrogens (primary N) is 1. The number of amides is 1. The summed E-state index contributed by atoms with van der Waals surface area (Å²) in [6.45, 7) is 5.04. The van der Waals surface area contributed by atoms with Crippen LogP contribution in [0.5, 0.6) is 0 Å². The fourth-order valence-corrected chi connectivity index (χ4v) is 1.58. The summed E-state index contributed by atoms with van der Waals surface area (Å²) < 4.78 is 0. The van der Waals surface area contributed by atoms with E-state index in [2.05, 4.69) is 4.98 Å². The highest BCUT2D eigenvalue weighted by Crippen LogP contribution is 2.15. The molecule has 3 N–H and O–H groups in total. The Hall–Kier alpha value is -1.62. The van der Waals surface area contributed by atoms with Crippen LogP contribution in [0.1, 0.15) is 24.2 Å². The van der Waals surface area contributed by atoms with Crippen LogP contribution >= 0.6 is 0 Å². The number of hydrogen-bond donors (Lipinski definition) is 2. The van der Waals surface area contributed by atoms with Gasteiger partial charge in [0.2, 0.25) is 5.56 Å². The van der Waals surface area contributed by atoms with Crippen molar-refractivity contribution in [2.45, 2.75) is 13.8 Å². The molecule has 0 aliphatic heterocycles. The Morgan fingerprint density at radius 2 is 2.18 bits per heavy atom. The van der Waals surface area contributed by atoms with E-state index in [-0.39, 0.29) is 16.9 Å². The van der Waals surface area contributed by atoms with E-state index in [1.54, 1.807) is 18.0 Å². The van der Waals surface area contributed by atoms with Gasteiger partial charge in [-0.05, 0) is 18.0 Å². The molecular formula is C12H19N3O2. The second-order valence-electron chi connectivity index (χ2n) is 4.97. The molecule has 5 nitrogen and oxygen atoms in total. The summed E-state index contributed by atoms with van der Waals surface area (Å²) in [6, 6.07) is 2.89. The van der Waals surface area contributed by atoms with Crippen molar-refractivity contribution >= 4 is 5.91 Å². The highest BCUT2D eigenvalue weighted by molar-refractivity contribution is 5.93. The van der Waals surface area contributed by atoms with E-state index in [1.165, 1.54) is 12.3 Å². The van der Waals surface area contributed by atoms with Gasteiger partial charge in [0, 0.05) is 31.4 Å². The first-order chi connectivity index (χ1) is 7.85. The molecule has 1 heterocycles. The molecule has 1 aromatic rings. The van der Waals surface area contributed by atoms with E-state index >= 15 is 0 Å². The van der Waals surface area contributed by atoms with Gasteiger partial charge < -0.3 is 15.6 Å². The van der Waals surface area contributed by atoms with Gasteiger partial charge in [-0.1, -0.05) is 13.8 Å². The van der Waals surface area contributed by atoms with E-state index in [0.29, 0.717) is 18.7 Å². The maximum atomic E-state index is 12.0. The molecule has 0 saturated heterocycles. The third kappa shape index (κ3) is 3.71. The Morgan fingerprint density at radius 1 is 1.53 bits per heavy atom. The summed E-state index contributed by atoms with van der Waals surface area (Å²) in [5.41, 5.74) is 5.61. The second kappa shape index (κ2) is 5.14. The predicted molar refractivity (Wildman–Crippen MR) is 66.9 cm³/mol. The zero-order chi connectivity index (χ0) is 13.1. The lowest BCUT2D eigenvalue weighted by Gasteiger charge is -2.29. The molecule has 1 aromatic heterocycles. The van der Waals surface area contributed by atoms with Crippen LogP contribution in [0.3, 0.4) is 0 Å². The fraction of sp³-hybridized carbons (Fsp3) is 0.500. The fourth-order valence-electron chi connectivity index (χ4n) is 1.58. The molecule has 0 saturated carbocycles. The van der Waals surface area contributed by atoms with Crippen LogP contribution in [-0.4, -0.2) is 35.9 Å². The third-order valence-electron chi connectivity index (χ3n) is 2.59. The number of carbonyl (C=O) groups excluding carboxylic acids is 1. The summed E-state index contributed by atoms with van der Waals surface area (Å²) in [7, 11) is 1.71. The average Bonchev–Trinajstić information content (AvgIpc) is 2.27. The summed E-state index contributed by atoms with van der Waals surface area (Å²) in [5.74, 6) is -0.169. The highest BCUT2D eigenvalue weighted by Gasteiger charge is 2.21. The molecule has 0 fully saturated rings. The monoisotopic (exact) mass is 237 g/mol. The Labute approximate surface area is 101 Å². The van der Waals surface area contributed by atoms with Crippen LogP contribution in [0.4, 0.5) is 0 Å². The normalized spacial score (nSPS) is 11.3. The minimum Gasteiger partial charge on any atom is -0.341 e. The number of nitrogens with zero attached hydrogens (tertiary/aromatic N) is 1. The van der Waals surface area contributed by atoms with Gasteiger partial charge in [0.25, 0.3) is 5.91 Å². The first-order valence-corrected chi connectivity index (χ1v) is 5.50. The predicted octanol–water partition coefficient (Wildman–Crippen LogP) is 0.432. The second-order valence-corrected chi connectivity index (χ2v) is 4.97. The molecule has 0 aliphatic carbocycles. The third-order valence-corrected chi connectivity index (χ3v) is 2.59. The number of aromatic amines is 1. The zero-order valence-corrected chi connectivity index (χ0v) is 10.5. The molecule has 0 unspecified atom stereocenters. The van der Waals surface area contributed by atoms with Gasteiger partial charge in [-0.15, -0.1) is 0 Å². The Bertz CT molecular complexity index is 451. The Balaban J connectivity index is 2.80. The molecule has 0 radical (unpaired) electrons. The van der Waals surface area contributed by atoms with Crippen LogP contribution in [0.2, 0.25) is 0 Å². The molecule has 1 amide bonds. The van der Waals surface area contributed by atoms with Crippen molar-refractivity contribution in [1.29, 1.82) is 0 Å². The lowest BCUT2D eigenvalue weighted by molar-refractivity contribution is 0.0740. The molecule has 0 atom stereocenters. The van der Waals surface area contributed by atoms with Crippen LogP contribution in [0.25, 0.3) is 0 Å². The molecule has 0 aliphatic rings. The van der Waals surface area contributed by atoms with Crippen LogP contribution in [0, 0.1) is 5.41 Å². The zero-order valence-electron chi connectivity index (χ0n) is 10.5. The van der Waals surface area contributed by atoms with E-state index in [4.69, 9.17) is 5.73 Å². The van der Waals surface area contributed by atoms with Crippen molar-refractivity contribution < 1.29 is 4.79 Å². The number of nitrogens with one attached hydrogen (secondary N) is 1. The topological polar surface area (TPSA) is 79.2 Å². The van der Waals surface area contributed by atoms with Gasteiger partial charge in [-0.2, -0.15) is 0 Å². The van der Waals surface area contributed by atoms with Crippen molar-refractivity contribution in [3.05, 3.63) is 34.2 Å². The molecule has 1 rings (SSSR count). The van der Waals surface area contributed by atoms with Gasteiger partial charge >= 0.3 is 0 Å². The summed E-state index contributed by atoms with van der Waals surface area (Å²) in [5, 5.41) is 0. The summed E-state index contributed by atoms with van der Waals surface area (Å²) in [4.78, 5) is 27.2. The lowest BCUT2D eigenvalue weighted by atomic mass is 9.93. The molecule has 0 bridgehead atoms. The van der Waals surface area contributed by atoms with Crippen molar-refractivity contribution in [3.8, 4) is 0 Å². The molecular weight excluding hydrogens is 218 g/mol. The smallest absolute Gasteiger partial charge is 0.253 e. The summed E-state index contributed by atoms with van der Waals surface area (Å²) in [6.07, 6.45) is 1.47. The quantitative estimate of drug-likeness (QED) is 0.797. The average molecular weight is 237 g/mol. The Kier molecular flexibility index (Phi) is 4.07. The largest absolute Gasteiger partial charge is 0.341 e. The minimum atomic E-state index is -0.276. The minimum absolute atomic E-state index is 0.133. The molecule has 0 aromatic carbocycles. The van der Waals surface area contributed by atoms with E-state index < -0.39 is 0 Å².